The van der Waals surface area contributed by atoms with E-state index in [2.05, 4.69) is 40.7 Å². The lowest BCUT2D eigenvalue weighted by Crippen LogP contribution is -2.21. The fourth-order valence-electron chi connectivity index (χ4n) is 1.75. The van der Waals surface area contributed by atoms with Crippen molar-refractivity contribution >= 4 is 10.1 Å². The molecule has 0 bridgehead atoms. The molecule has 9 heteroatoms. The van der Waals surface area contributed by atoms with Crippen molar-refractivity contribution in [2.75, 3.05) is 0 Å². The van der Waals surface area contributed by atoms with Crippen molar-refractivity contribution in [3.05, 3.63) is 54.6 Å². The van der Waals surface area contributed by atoms with Crippen molar-refractivity contribution < 1.29 is 26.1 Å². The van der Waals surface area contributed by atoms with E-state index in [9.17, 15) is 13.2 Å². The number of hydrogen-bond donors (Lipinski definition) is 1. The zero-order valence-corrected chi connectivity index (χ0v) is 12.4. The van der Waals surface area contributed by atoms with Crippen LogP contribution in [0.2, 0.25) is 0 Å². The highest BCUT2D eigenvalue weighted by molar-refractivity contribution is 7.86. The van der Waals surface area contributed by atoms with Crippen molar-refractivity contribution in [3.8, 4) is 0 Å². The number of nitrogens with zero attached hydrogens (tertiary/aromatic N) is 2. The van der Waals surface area contributed by atoms with Crippen LogP contribution in [0.25, 0.3) is 0 Å². The first-order chi connectivity index (χ1) is 10.2. The van der Waals surface area contributed by atoms with Gasteiger partial charge in [-0.05, 0) is 12.0 Å². The Morgan fingerprint density at radius 2 is 1.82 bits per heavy atom. The van der Waals surface area contributed by atoms with Gasteiger partial charge in [0.2, 0.25) is 0 Å². The van der Waals surface area contributed by atoms with Crippen LogP contribution >= 0.6 is 0 Å². The lowest BCUT2D eigenvalue weighted by molar-refractivity contribution is -0.0510. The second-order valence-corrected chi connectivity index (χ2v) is 5.68. The average molecular weight is 336 g/mol. The van der Waals surface area contributed by atoms with Crippen LogP contribution in [0.5, 0.6) is 0 Å². The van der Waals surface area contributed by atoms with Crippen LogP contribution in [-0.4, -0.2) is 28.0 Å². The van der Waals surface area contributed by atoms with Gasteiger partial charge in [-0.1, -0.05) is 37.3 Å². The summed E-state index contributed by atoms with van der Waals surface area (Å²) in [7, 11) is -5.84. The minimum atomic E-state index is -5.84. The molecule has 0 saturated heterocycles. The van der Waals surface area contributed by atoms with Gasteiger partial charge in [-0.25, -0.2) is 4.98 Å². The lowest BCUT2D eigenvalue weighted by Gasteiger charge is -2.16. The van der Waals surface area contributed by atoms with E-state index in [1.807, 2.05) is 24.8 Å². The molecule has 0 aliphatic heterocycles. The third kappa shape index (κ3) is 5.15. The summed E-state index contributed by atoms with van der Waals surface area (Å²) >= 11 is 0. The summed E-state index contributed by atoms with van der Waals surface area (Å²) in [5, 5.41) is 0. The second kappa shape index (κ2) is 7.41. The minimum Gasteiger partial charge on any atom is -0.330 e. The van der Waals surface area contributed by atoms with Gasteiger partial charge in [-0.2, -0.15) is 21.6 Å². The largest absolute Gasteiger partial charge is 0.522 e. The maximum atomic E-state index is 10.7. The van der Waals surface area contributed by atoms with E-state index in [0.29, 0.717) is 6.04 Å². The van der Waals surface area contributed by atoms with Gasteiger partial charge in [0.1, 0.15) is 0 Å². The van der Waals surface area contributed by atoms with E-state index in [0.717, 1.165) is 6.42 Å². The number of halogens is 3. The van der Waals surface area contributed by atoms with Crippen molar-refractivity contribution in [2.24, 2.45) is 0 Å². The molecule has 0 spiro atoms. The van der Waals surface area contributed by atoms with Gasteiger partial charge < -0.3 is 4.57 Å². The Balaban J connectivity index is 0.000000261. The third-order valence-electron chi connectivity index (χ3n) is 2.75. The molecular weight excluding hydrogens is 321 g/mol. The first-order valence-electron chi connectivity index (χ1n) is 6.23. The van der Waals surface area contributed by atoms with Crippen molar-refractivity contribution in [1.82, 2.24) is 9.55 Å². The summed E-state index contributed by atoms with van der Waals surface area (Å²) in [6.45, 7) is 2.19. The Hall–Kier alpha value is -1.87. The number of imidazole rings is 1. The Morgan fingerprint density at radius 1 is 1.27 bits per heavy atom. The van der Waals surface area contributed by atoms with Crippen LogP contribution in [0.15, 0.2) is 49.1 Å². The first-order valence-corrected chi connectivity index (χ1v) is 7.67. The molecule has 1 unspecified atom stereocenters. The highest BCUT2D eigenvalue weighted by Crippen LogP contribution is 2.21. The van der Waals surface area contributed by atoms with Crippen LogP contribution < -0.4 is 0 Å². The quantitative estimate of drug-likeness (QED) is 0.690. The maximum Gasteiger partial charge on any atom is 0.522 e. The average Bonchev–Trinajstić information content (AvgIpc) is 2.93. The highest BCUT2D eigenvalue weighted by atomic mass is 32.2. The molecule has 2 aromatic rings. The maximum absolute atomic E-state index is 10.7. The molecule has 1 aromatic heterocycles. The molecule has 1 atom stereocenters. The smallest absolute Gasteiger partial charge is 0.330 e. The fraction of sp³-hybridized carbons (Fsp3) is 0.308. The molecule has 0 amide bonds. The van der Waals surface area contributed by atoms with E-state index < -0.39 is 15.6 Å². The van der Waals surface area contributed by atoms with E-state index in [4.69, 9.17) is 13.0 Å². The van der Waals surface area contributed by atoms with Crippen LogP contribution in [0.1, 0.15) is 24.9 Å². The van der Waals surface area contributed by atoms with Crippen LogP contribution in [0.3, 0.4) is 0 Å². The van der Waals surface area contributed by atoms with Gasteiger partial charge in [0, 0.05) is 12.4 Å². The molecule has 22 heavy (non-hydrogen) atoms. The van der Waals surface area contributed by atoms with Gasteiger partial charge in [0.05, 0.1) is 12.4 Å². The fourth-order valence-corrected chi connectivity index (χ4v) is 1.75. The summed E-state index contributed by atoms with van der Waals surface area (Å²) in [5.41, 5.74) is -4.19. The molecule has 1 N–H and O–H groups in total. The van der Waals surface area contributed by atoms with Crippen LogP contribution in [-0.2, 0) is 10.1 Å². The van der Waals surface area contributed by atoms with Gasteiger partial charge in [-0.3, -0.25) is 4.55 Å². The zero-order valence-electron chi connectivity index (χ0n) is 11.6. The molecule has 1 aromatic carbocycles. The van der Waals surface area contributed by atoms with Gasteiger partial charge in [-0.15, -0.1) is 0 Å². The molecule has 2 rings (SSSR count). The number of rotatable bonds is 3. The monoisotopic (exact) mass is 336 g/mol. The summed E-state index contributed by atoms with van der Waals surface area (Å²) in [4.78, 5) is 4.08. The Kier molecular flexibility index (Phi) is 6.12. The third-order valence-corrected chi connectivity index (χ3v) is 3.33. The molecule has 0 aliphatic rings. The SMILES string of the molecule is CCC(c1ccccc1)n1ccnc1.O=S(=O)(O)C(F)(F)F. The van der Waals surface area contributed by atoms with Crippen LogP contribution in [0.4, 0.5) is 13.2 Å². The van der Waals surface area contributed by atoms with Crippen molar-refractivity contribution in [2.45, 2.75) is 24.9 Å². The van der Waals surface area contributed by atoms with Gasteiger partial charge in [0.15, 0.2) is 0 Å². The number of alkyl halides is 3. The van der Waals surface area contributed by atoms with E-state index in [-0.39, 0.29) is 0 Å². The van der Waals surface area contributed by atoms with E-state index in [1.54, 1.807) is 0 Å². The summed E-state index contributed by atoms with van der Waals surface area (Å²) < 4.78 is 59.7. The lowest BCUT2D eigenvalue weighted by atomic mass is 10.0. The predicted molar refractivity (Wildman–Crippen MR) is 74.7 cm³/mol. The molecule has 0 aliphatic carbocycles. The molecule has 0 radical (unpaired) electrons. The van der Waals surface area contributed by atoms with Crippen LogP contribution in [0, 0.1) is 0 Å². The molecule has 1 heterocycles. The Labute approximate surface area is 126 Å². The number of hydrogen-bond acceptors (Lipinski definition) is 3. The summed E-state index contributed by atoms with van der Waals surface area (Å²) in [6, 6.07) is 10.9. The minimum absolute atomic E-state index is 0.415. The summed E-state index contributed by atoms with van der Waals surface area (Å²) in [6.07, 6.45) is 6.80. The normalized spacial score (nSPS) is 13.1. The number of benzene rings is 1. The van der Waals surface area contributed by atoms with Crippen molar-refractivity contribution in [3.63, 3.8) is 0 Å². The topological polar surface area (TPSA) is 72.2 Å². The predicted octanol–water partition coefficient (Wildman–Crippen LogP) is 3.28. The molecular formula is C13H15F3N2O3S. The second-order valence-electron chi connectivity index (χ2n) is 4.27. The first kappa shape index (κ1) is 18.2. The number of aromatic nitrogens is 2. The van der Waals surface area contributed by atoms with E-state index >= 15 is 0 Å². The molecule has 0 saturated carbocycles. The Bertz CT molecular complexity index is 656. The van der Waals surface area contributed by atoms with Crippen molar-refractivity contribution in [1.29, 1.82) is 0 Å². The standard InChI is InChI=1S/C12H14N2.CHF3O3S/c1-2-12(14-9-8-13-10-14)11-6-4-3-5-7-11;2-1(3,4)8(5,6)7/h3-10,12H,2H2,1H3;(H,5,6,7). The molecule has 5 nitrogen and oxygen atoms in total. The van der Waals surface area contributed by atoms with E-state index in [1.165, 1.54) is 5.56 Å². The Morgan fingerprint density at radius 3 is 2.18 bits per heavy atom. The highest BCUT2D eigenvalue weighted by Gasteiger charge is 2.44. The zero-order chi connectivity index (χ0) is 16.8. The molecule has 122 valence electrons. The van der Waals surface area contributed by atoms with Gasteiger partial charge >= 0.3 is 15.6 Å². The molecule has 0 fully saturated rings. The summed E-state index contributed by atoms with van der Waals surface area (Å²) in [5.74, 6) is 0. The van der Waals surface area contributed by atoms with Gasteiger partial charge in [0.25, 0.3) is 0 Å².